The van der Waals surface area contributed by atoms with E-state index in [0.717, 1.165) is 10.1 Å². The first-order valence-corrected chi connectivity index (χ1v) is 9.96. The summed E-state index contributed by atoms with van der Waals surface area (Å²) < 4.78 is 27.7. The molecule has 1 aromatic heterocycles. The van der Waals surface area contributed by atoms with Gasteiger partial charge in [-0.1, -0.05) is 11.6 Å². The fourth-order valence-electron chi connectivity index (χ4n) is 2.37. The first-order valence-electron chi connectivity index (χ1n) is 7.33. The molecule has 130 valence electrons. The Bertz CT molecular complexity index is 1040. The highest BCUT2D eigenvalue weighted by Gasteiger charge is 2.21. The normalized spacial score (nSPS) is 11.5. The zero-order valence-electron chi connectivity index (χ0n) is 13.5. The number of hydrogen-bond donors (Lipinski definition) is 1. The highest BCUT2D eigenvalue weighted by molar-refractivity contribution is 7.92. The number of benzene rings is 2. The van der Waals surface area contributed by atoms with Crippen molar-refractivity contribution in [3.05, 3.63) is 58.4 Å². The Hall–Kier alpha value is -2.09. The number of carbonyl (C=O) groups excluding carboxylic acids is 1. The summed E-state index contributed by atoms with van der Waals surface area (Å²) in [6.07, 6.45) is 0. The first-order chi connectivity index (χ1) is 11.8. The smallest absolute Gasteiger partial charge is 0.264 e. The number of carbonyl (C=O) groups is 1. The molecule has 1 N–H and O–H groups in total. The van der Waals surface area contributed by atoms with Gasteiger partial charge in [-0.05, 0) is 53.9 Å². The molecule has 0 unspecified atom stereocenters. The number of anilines is 1. The van der Waals surface area contributed by atoms with Crippen molar-refractivity contribution >= 4 is 54.6 Å². The lowest BCUT2D eigenvalue weighted by molar-refractivity contribution is 0.0967. The summed E-state index contributed by atoms with van der Waals surface area (Å²) in [4.78, 5) is 12.5. The maximum Gasteiger partial charge on any atom is 0.264 e. The van der Waals surface area contributed by atoms with Gasteiger partial charge in [0.1, 0.15) is 0 Å². The Morgan fingerprint density at radius 3 is 2.44 bits per heavy atom. The summed E-state index contributed by atoms with van der Waals surface area (Å²) >= 11 is 7.18. The van der Waals surface area contributed by atoms with Crippen LogP contribution < -0.4 is 9.62 Å². The van der Waals surface area contributed by atoms with Crippen molar-refractivity contribution in [2.24, 2.45) is 0 Å². The molecule has 25 heavy (non-hydrogen) atoms. The Kier molecular flexibility index (Phi) is 4.73. The number of hydrogen-bond acceptors (Lipinski definition) is 4. The van der Waals surface area contributed by atoms with Crippen LogP contribution in [-0.2, 0) is 10.0 Å². The van der Waals surface area contributed by atoms with Gasteiger partial charge in [0, 0.05) is 23.8 Å². The van der Waals surface area contributed by atoms with E-state index in [-0.39, 0.29) is 10.8 Å². The third-order valence-electron chi connectivity index (χ3n) is 3.79. The van der Waals surface area contributed by atoms with Gasteiger partial charge in [0.2, 0.25) is 0 Å². The summed E-state index contributed by atoms with van der Waals surface area (Å²) in [6, 6.07) is 13.1. The van der Waals surface area contributed by atoms with E-state index in [1.807, 2.05) is 6.07 Å². The van der Waals surface area contributed by atoms with Crippen molar-refractivity contribution < 1.29 is 13.2 Å². The molecule has 0 spiro atoms. The van der Waals surface area contributed by atoms with Crippen LogP contribution in [-0.4, -0.2) is 28.4 Å². The fourth-order valence-corrected chi connectivity index (χ4v) is 4.67. The predicted octanol–water partition coefficient (Wildman–Crippen LogP) is 3.74. The zero-order valence-corrected chi connectivity index (χ0v) is 15.9. The molecule has 1 heterocycles. The van der Waals surface area contributed by atoms with Crippen molar-refractivity contribution in [3.8, 4) is 0 Å². The van der Waals surface area contributed by atoms with E-state index >= 15 is 0 Å². The molecular formula is C17H15ClN2O3S2. The van der Waals surface area contributed by atoms with Gasteiger partial charge in [-0.15, -0.1) is 11.3 Å². The van der Waals surface area contributed by atoms with Gasteiger partial charge in [-0.25, -0.2) is 8.42 Å². The molecular weight excluding hydrogens is 380 g/mol. The Balaban J connectivity index is 2.00. The number of nitrogens with one attached hydrogen (secondary N) is 1. The van der Waals surface area contributed by atoms with E-state index in [9.17, 15) is 13.2 Å². The molecule has 0 radical (unpaired) electrons. The topological polar surface area (TPSA) is 66.5 Å². The van der Waals surface area contributed by atoms with Crippen molar-refractivity contribution in [3.63, 3.8) is 0 Å². The number of amides is 1. The van der Waals surface area contributed by atoms with Crippen LogP contribution in [0.15, 0.2) is 53.4 Å². The number of thiophene rings is 1. The highest BCUT2D eigenvalue weighted by atomic mass is 35.5. The number of nitrogens with zero attached hydrogens (tertiary/aromatic N) is 1. The van der Waals surface area contributed by atoms with Gasteiger partial charge < -0.3 is 5.32 Å². The summed E-state index contributed by atoms with van der Waals surface area (Å²) in [5.74, 6) is -0.162. The Morgan fingerprint density at radius 1 is 1.12 bits per heavy atom. The van der Waals surface area contributed by atoms with Crippen molar-refractivity contribution in [1.82, 2.24) is 5.32 Å². The van der Waals surface area contributed by atoms with Crippen LogP contribution in [0.25, 0.3) is 10.1 Å². The second-order valence-electron chi connectivity index (χ2n) is 5.34. The largest absolute Gasteiger partial charge is 0.354 e. The number of sulfonamides is 1. The summed E-state index contributed by atoms with van der Waals surface area (Å²) in [5, 5.41) is 3.88. The molecule has 0 aliphatic carbocycles. The van der Waals surface area contributed by atoms with Crippen LogP contribution in [0.1, 0.15) is 9.67 Å². The average molecular weight is 395 g/mol. The number of halogens is 1. The second-order valence-corrected chi connectivity index (χ2v) is 8.83. The van der Waals surface area contributed by atoms with E-state index < -0.39 is 10.0 Å². The predicted molar refractivity (Wildman–Crippen MR) is 102 cm³/mol. The van der Waals surface area contributed by atoms with E-state index in [2.05, 4.69) is 5.32 Å². The average Bonchev–Trinajstić information content (AvgIpc) is 3.03. The summed E-state index contributed by atoms with van der Waals surface area (Å²) in [7, 11) is -0.622. The maximum atomic E-state index is 12.8. The molecule has 0 saturated carbocycles. The van der Waals surface area contributed by atoms with E-state index in [1.165, 1.54) is 34.8 Å². The molecule has 0 saturated heterocycles. The van der Waals surface area contributed by atoms with E-state index in [1.54, 1.807) is 37.4 Å². The third-order valence-corrected chi connectivity index (χ3v) is 6.95. The lowest BCUT2D eigenvalue weighted by Gasteiger charge is -2.19. The van der Waals surface area contributed by atoms with Gasteiger partial charge >= 0.3 is 0 Å². The van der Waals surface area contributed by atoms with Gasteiger partial charge in [-0.2, -0.15) is 0 Å². The van der Waals surface area contributed by atoms with Crippen LogP contribution in [0.2, 0.25) is 5.02 Å². The molecule has 1 amide bonds. The molecule has 3 rings (SSSR count). The fraction of sp³-hybridized carbons (Fsp3) is 0.118. The minimum atomic E-state index is -3.69. The molecule has 0 aliphatic heterocycles. The molecule has 0 bridgehead atoms. The molecule has 0 atom stereocenters. The second kappa shape index (κ2) is 6.67. The molecule has 3 aromatic rings. The monoisotopic (exact) mass is 394 g/mol. The molecule has 0 aliphatic rings. The minimum Gasteiger partial charge on any atom is -0.354 e. The van der Waals surface area contributed by atoms with Crippen LogP contribution in [0.5, 0.6) is 0 Å². The Labute approximate surface area is 154 Å². The standard InChI is InChI=1S/C17H15ClN2O3S2/c1-19-17(21)16-10-11-9-13(5-8-15(11)24-16)20(2)25(22,23)14-6-3-12(18)4-7-14/h3-10H,1-2H3,(H,19,21). The van der Waals surface area contributed by atoms with Crippen molar-refractivity contribution in [2.75, 3.05) is 18.4 Å². The first kappa shape index (κ1) is 17.7. The van der Waals surface area contributed by atoms with Crippen molar-refractivity contribution in [2.45, 2.75) is 4.90 Å². The molecule has 2 aromatic carbocycles. The van der Waals surface area contributed by atoms with Crippen LogP contribution >= 0.6 is 22.9 Å². The molecule has 5 nitrogen and oxygen atoms in total. The summed E-state index contributed by atoms with van der Waals surface area (Å²) in [6.45, 7) is 0. The van der Waals surface area contributed by atoms with Gasteiger partial charge in [0.05, 0.1) is 15.5 Å². The summed E-state index contributed by atoms with van der Waals surface area (Å²) in [5.41, 5.74) is 0.517. The third kappa shape index (κ3) is 3.35. The van der Waals surface area contributed by atoms with E-state index in [0.29, 0.717) is 15.6 Å². The van der Waals surface area contributed by atoms with Crippen molar-refractivity contribution in [1.29, 1.82) is 0 Å². The van der Waals surface area contributed by atoms with Crippen LogP contribution in [0.3, 0.4) is 0 Å². The molecule has 0 fully saturated rings. The van der Waals surface area contributed by atoms with Crippen LogP contribution in [0, 0.1) is 0 Å². The quantitative estimate of drug-likeness (QED) is 0.733. The lowest BCUT2D eigenvalue weighted by Crippen LogP contribution is -2.26. The van der Waals surface area contributed by atoms with Gasteiger partial charge in [-0.3, -0.25) is 9.10 Å². The highest BCUT2D eigenvalue weighted by Crippen LogP contribution is 2.31. The zero-order chi connectivity index (χ0) is 18.2. The molecule has 8 heteroatoms. The number of fused-ring (bicyclic) bond motifs is 1. The van der Waals surface area contributed by atoms with Crippen LogP contribution in [0.4, 0.5) is 5.69 Å². The SMILES string of the molecule is CNC(=O)c1cc2cc(N(C)S(=O)(=O)c3ccc(Cl)cc3)ccc2s1. The maximum absolute atomic E-state index is 12.8. The lowest BCUT2D eigenvalue weighted by atomic mass is 10.2. The Morgan fingerprint density at radius 2 is 1.80 bits per heavy atom. The van der Waals surface area contributed by atoms with E-state index in [4.69, 9.17) is 11.6 Å². The van der Waals surface area contributed by atoms with Gasteiger partial charge in [0.25, 0.3) is 15.9 Å². The number of rotatable bonds is 4. The van der Waals surface area contributed by atoms with Gasteiger partial charge in [0.15, 0.2) is 0 Å². The minimum absolute atomic E-state index is 0.162.